The van der Waals surface area contributed by atoms with Gasteiger partial charge in [-0.2, -0.15) is 0 Å². The van der Waals surface area contributed by atoms with Crippen molar-refractivity contribution in [1.82, 2.24) is 0 Å². The smallest absolute Gasteiger partial charge is 0.237 e. The van der Waals surface area contributed by atoms with Gasteiger partial charge in [0.2, 0.25) is 11.8 Å². The quantitative estimate of drug-likeness (QED) is 0.561. The fraction of sp³-hybridized carbons (Fsp3) is 0.217. The Morgan fingerprint density at radius 3 is 2.54 bits per heavy atom. The van der Waals surface area contributed by atoms with Crippen LogP contribution in [0.25, 0.3) is 10.8 Å². The number of hydrogen-bond acceptors (Lipinski definition) is 3. The molecule has 0 heterocycles. The topological polar surface area (TPSA) is 58.2 Å². The minimum atomic E-state index is -0.270. The van der Waals surface area contributed by atoms with Crippen molar-refractivity contribution in [3.63, 3.8) is 0 Å². The number of rotatable bonds is 6. The van der Waals surface area contributed by atoms with Crippen LogP contribution >= 0.6 is 11.8 Å². The van der Waals surface area contributed by atoms with E-state index < -0.39 is 0 Å². The molecule has 142 valence electrons. The number of carbonyl (C=O) groups is 2. The summed E-state index contributed by atoms with van der Waals surface area (Å²) < 4.78 is 0. The van der Waals surface area contributed by atoms with Crippen LogP contribution in [0.5, 0.6) is 0 Å². The molecule has 1 unspecified atom stereocenters. The van der Waals surface area contributed by atoms with Gasteiger partial charge in [0.1, 0.15) is 0 Å². The molecule has 1 aliphatic rings. The first kappa shape index (κ1) is 18.6. The molecule has 4 nitrogen and oxygen atoms in total. The SMILES string of the molecule is CC(Sc1cccc(NC(=O)C2CC2)c1)C(=O)Nc1cccc2ccccc12. The highest BCUT2D eigenvalue weighted by molar-refractivity contribution is 8.00. The molecular weight excluding hydrogens is 368 g/mol. The zero-order valence-electron chi connectivity index (χ0n) is 15.6. The number of amides is 2. The Bertz CT molecular complexity index is 1020. The van der Waals surface area contributed by atoms with E-state index in [-0.39, 0.29) is 23.0 Å². The van der Waals surface area contributed by atoms with E-state index in [4.69, 9.17) is 0 Å². The Labute approximate surface area is 168 Å². The van der Waals surface area contributed by atoms with Crippen LogP contribution in [0.1, 0.15) is 19.8 Å². The predicted molar refractivity (Wildman–Crippen MR) is 116 cm³/mol. The fourth-order valence-electron chi connectivity index (χ4n) is 3.06. The summed E-state index contributed by atoms with van der Waals surface area (Å²) in [7, 11) is 0. The molecule has 1 fully saturated rings. The number of hydrogen-bond donors (Lipinski definition) is 2. The first-order valence-corrected chi connectivity index (χ1v) is 10.3. The molecule has 3 aromatic carbocycles. The lowest BCUT2D eigenvalue weighted by atomic mass is 10.1. The molecule has 0 aliphatic heterocycles. The molecule has 4 rings (SSSR count). The summed E-state index contributed by atoms with van der Waals surface area (Å²) in [4.78, 5) is 25.6. The third-order valence-electron chi connectivity index (χ3n) is 4.78. The third-order valence-corrected chi connectivity index (χ3v) is 5.87. The summed E-state index contributed by atoms with van der Waals surface area (Å²) in [6.07, 6.45) is 1.96. The summed E-state index contributed by atoms with van der Waals surface area (Å²) in [5, 5.41) is 7.85. The molecular formula is C23H22N2O2S. The standard InChI is InChI=1S/C23H22N2O2S/c1-15(22(26)25-21-11-4-7-16-6-2-3-10-20(16)21)28-19-9-5-8-18(14-19)24-23(27)17-12-13-17/h2-11,14-15,17H,12-13H2,1H3,(H,24,27)(H,25,26). The van der Waals surface area contributed by atoms with Gasteiger partial charge in [-0.15, -0.1) is 11.8 Å². The maximum absolute atomic E-state index is 12.7. The largest absolute Gasteiger partial charge is 0.326 e. The van der Waals surface area contributed by atoms with Crippen LogP contribution < -0.4 is 10.6 Å². The molecule has 3 aromatic rings. The Hall–Kier alpha value is -2.79. The fourth-order valence-corrected chi connectivity index (χ4v) is 3.99. The highest BCUT2D eigenvalue weighted by Crippen LogP contribution is 2.32. The molecule has 2 N–H and O–H groups in total. The summed E-state index contributed by atoms with van der Waals surface area (Å²) in [5.41, 5.74) is 1.60. The maximum Gasteiger partial charge on any atom is 0.237 e. The zero-order valence-corrected chi connectivity index (χ0v) is 16.5. The highest BCUT2D eigenvalue weighted by Gasteiger charge is 2.29. The molecule has 0 spiro atoms. The lowest BCUT2D eigenvalue weighted by Gasteiger charge is -2.14. The van der Waals surface area contributed by atoms with E-state index in [2.05, 4.69) is 10.6 Å². The molecule has 0 radical (unpaired) electrons. The monoisotopic (exact) mass is 390 g/mol. The van der Waals surface area contributed by atoms with Crippen LogP contribution in [-0.2, 0) is 9.59 Å². The molecule has 0 bridgehead atoms. The zero-order chi connectivity index (χ0) is 19.5. The van der Waals surface area contributed by atoms with Crippen LogP contribution in [-0.4, -0.2) is 17.1 Å². The lowest BCUT2D eigenvalue weighted by Crippen LogP contribution is -2.22. The van der Waals surface area contributed by atoms with Crippen molar-refractivity contribution in [2.75, 3.05) is 10.6 Å². The molecule has 1 atom stereocenters. The van der Waals surface area contributed by atoms with E-state index in [1.807, 2.05) is 73.7 Å². The molecule has 0 aromatic heterocycles. The van der Waals surface area contributed by atoms with Crippen molar-refractivity contribution in [1.29, 1.82) is 0 Å². The second-order valence-corrected chi connectivity index (χ2v) is 8.48. The predicted octanol–water partition coefficient (Wildman–Crippen LogP) is 5.31. The van der Waals surface area contributed by atoms with Gasteiger partial charge < -0.3 is 10.6 Å². The van der Waals surface area contributed by atoms with Crippen molar-refractivity contribution in [2.24, 2.45) is 5.92 Å². The van der Waals surface area contributed by atoms with Gasteiger partial charge in [0.25, 0.3) is 0 Å². The van der Waals surface area contributed by atoms with Crippen molar-refractivity contribution < 1.29 is 9.59 Å². The Kier molecular flexibility index (Phi) is 5.35. The van der Waals surface area contributed by atoms with Crippen molar-refractivity contribution in [3.8, 4) is 0 Å². The van der Waals surface area contributed by atoms with E-state index in [0.717, 1.165) is 39.9 Å². The first-order valence-electron chi connectivity index (χ1n) is 9.46. The number of fused-ring (bicyclic) bond motifs is 1. The van der Waals surface area contributed by atoms with Gasteiger partial charge in [0, 0.05) is 27.6 Å². The molecule has 28 heavy (non-hydrogen) atoms. The van der Waals surface area contributed by atoms with E-state index in [1.165, 1.54) is 11.8 Å². The molecule has 1 aliphatic carbocycles. The lowest BCUT2D eigenvalue weighted by molar-refractivity contribution is -0.117. The maximum atomic E-state index is 12.7. The second kappa shape index (κ2) is 8.07. The van der Waals surface area contributed by atoms with Crippen LogP contribution in [0, 0.1) is 5.92 Å². The average molecular weight is 391 g/mol. The van der Waals surface area contributed by atoms with E-state index >= 15 is 0 Å². The van der Waals surface area contributed by atoms with E-state index in [1.54, 1.807) is 0 Å². The Morgan fingerprint density at radius 1 is 0.964 bits per heavy atom. The van der Waals surface area contributed by atoms with Crippen LogP contribution in [0.3, 0.4) is 0 Å². The van der Waals surface area contributed by atoms with Crippen molar-refractivity contribution in [3.05, 3.63) is 66.7 Å². The highest BCUT2D eigenvalue weighted by atomic mass is 32.2. The van der Waals surface area contributed by atoms with Crippen LogP contribution in [0.15, 0.2) is 71.6 Å². The molecule has 5 heteroatoms. The average Bonchev–Trinajstić information content (AvgIpc) is 3.54. The van der Waals surface area contributed by atoms with Gasteiger partial charge in [0.15, 0.2) is 0 Å². The number of benzene rings is 3. The molecule has 2 amide bonds. The van der Waals surface area contributed by atoms with Crippen LogP contribution in [0.4, 0.5) is 11.4 Å². The normalized spacial score (nSPS) is 14.5. The van der Waals surface area contributed by atoms with E-state index in [9.17, 15) is 9.59 Å². The number of nitrogens with one attached hydrogen (secondary N) is 2. The summed E-state index contributed by atoms with van der Waals surface area (Å²) >= 11 is 1.48. The summed E-state index contributed by atoms with van der Waals surface area (Å²) in [6, 6.07) is 21.6. The van der Waals surface area contributed by atoms with Gasteiger partial charge in [-0.25, -0.2) is 0 Å². The summed E-state index contributed by atoms with van der Waals surface area (Å²) in [5.74, 6) is 0.208. The number of carbonyl (C=O) groups excluding carboxylic acids is 2. The van der Waals surface area contributed by atoms with Crippen molar-refractivity contribution >= 4 is 45.7 Å². The minimum Gasteiger partial charge on any atom is -0.326 e. The number of anilines is 2. The van der Waals surface area contributed by atoms with Gasteiger partial charge >= 0.3 is 0 Å². The minimum absolute atomic E-state index is 0.0474. The second-order valence-electron chi connectivity index (χ2n) is 7.07. The Balaban J connectivity index is 1.42. The van der Waals surface area contributed by atoms with Crippen molar-refractivity contribution in [2.45, 2.75) is 29.9 Å². The molecule has 0 saturated heterocycles. The molecule has 1 saturated carbocycles. The first-order chi connectivity index (χ1) is 13.6. The van der Waals surface area contributed by atoms with Gasteiger partial charge in [-0.1, -0.05) is 42.5 Å². The van der Waals surface area contributed by atoms with Gasteiger partial charge in [0.05, 0.1) is 5.25 Å². The third kappa shape index (κ3) is 4.37. The Morgan fingerprint density at radius 2 is 1.71 bits per heavy atom. The summed E-state index contributed by atoms with van der Waals surface area (Å²) in [6.45, 7) is 1.89. The van der Waals surface area contributed by atoms with Crippen LogP contribution in [0.2, 0.25) is 0 Å². The van der Waals surface area contributed by atoms with Gasteiger partial charge in [-0.3, -0.25) is 9.59 Å². The van der Waals surface area contributed by atoms with Gasteiger partial charge in [-0.05, 0) is 49.4 Å². The van der Waals surface area contributed by atoms with E-state index in [0.29, 0.717) is 0 Å². The number of thioether (sulfide) groups is 1.